The van der Waals surface area contributed by atoms with Crippen LogP contribution in [0.1, 0.15) is 66.9 Å². The number of hydrogen-bond donors (Lipinski definition) is 1. The number of benzene rings is 2. The summed E-state index contributed by atoms with van der Waals surface area (Å²) in [5, 5.41) is 12.7. The molecule has 1 aliphatic carbocycles. The molecule has 0 atom stereocenters. The zero-order valence-corrected chi connectivity index (χ0v) is 18.4. The Labute approximate surface area is 210 Å². The van der Waals surface area contributed by atoms with Gasteiger partial charge in [0.25, 0.3) is 0 Å². The van der Waals surface area contributed by atoms with Gasteiger partial charge in [-0.2, -0.15) is 0 Å². The maximum atomic E-state index is 11.7. The molecule has 1 saturated carbocycles. The Morgan fingerprint density at radius 1 is 1.13 bits per heavy atom. The normalized spacial score (nSPS) is 13.9. The molecule has 1 heterocycles. The molecule has 4 rings (SSSR count). The van der Waals surface area contributed by atoms with Crippen molar-refractivity contribution in [3.8, 4) is 11.3 Å². The third kappa shape index (κ3) is 5.58. The zero-order chi connectivity index (χ0) is 21.1. The van der Waals surface area contributed by atoms with Crippen LogP contribution in [-0.2, 0) is 6.54 Å². The SMILES string of the molecule is CC(C)c1ccc(-c2csc(N(Cc3ccccc3C(=O)O)C3CCCC3)n2)cc1.[NaH]. The van der Waals surface area contributed by atoms with Gasteiger partial charge in [-0.05, 0) is 36.0 Å². The summed E-state index contributed by atoms with van der Waals surface area (Å²) in [6.45, 7) is 4.97. The summed E-state index contributed by atoms with van der Waals surface area (Å²) in [6, 6.07) is 16.4. The van der Waals surface area contributed by atoms with Gasteiger partial charge in [0, 0.05) is 23.5 Å². The first-order valence-corrected chi connectivity index (χ1v) is 11.5. The molecule has 158 valence electrons. The number of aromatic carboxylic acids is 1. The fourth-order valence-electron chi connectivity index (χ4n) is 4.19. The first-order valence-electron chi connectivity index (χ1n) is 10.7. The number of carbonyl (C=O) groups is 1. The second-order valence-electron chi connectivity index (χ2n) is 8.32. The number of hydrogen-bond acceptors (Lipinski definition) is 4. The van der Waals surface area contributed by atoms with Gasteiger partial charge in [-0.15, -0.1) is 11.3 Å². The number of aromatic nitrogens is 1. The second kappa shape index (κ2) is 10.8. The fraction of sp³-hybridized carbons (Fsp3) is 0.360. The van der Waals surface area contributed by atoms with Crippen molar-refractivity contribution in [3.63, 3.8) is 0 Å². The van der Waals surface area contributed by atoms with E-state index in [-0.39, 0.29) is 29.6 Å². The van der Waals surface area contributed by atoms with Crippen molar-refractivity contribution in [2.75, 3.05) is 4.90 Å². The van der Waals surface area contributed by atoms with Crippen LogP contribution in [0, 0.1) is 0 Å². The number of thiazole rings is 1. The van der Waals surface area contributed by atoms with Gasteiger partial charge in [0.05, 0.1) is 11.3 Å². The van der Waals surface area contributed by atoms with Crippen LogP contribution >= 0.6 is 11.3 Å². The molecule has 2 aromatic carbocycles. The molecule has 0 bridgehead atoms. The van der Waals surface area contributed by atoms with E-state index < -0.39 is 5.97 Å². The van der Waals surface area contributed by atoms with Crippen LogP contribution in [0.4, 0.5) is 5.13 Å². The quantitative estimate of drug-likeness (QED) is 0.459. The Morgan fingerprint density at radius 3 is 2.45 bits per heavy atom. The van der Waals surface area contributed by atoms with E-state index in [2.05, 4.69) is 48.4 Å². The standard InChI is InChI=1S/C25H28N2O2S.Na.H/c1-17(2)18-11-13-19(14-12-18)23-16-30-25(26-23)27(21-8-4-5-9-21)15-20-7-3-6-10-22(20)24(28)29;;/h3,6-7,10-14,16-17,21H,4-5,8-9,15H2,1-2H3,(H,28,29);;. The third-order valence-electron chi connectivity index (χ3n) is 5.96. The molecule has 6 heteroatoms. The minimum atomic E-state index is -0.873. The van der Waals surface area contributed by atoms with Crippen molar-refractivity contribution >= 4 is 52.0 Å². The first kappa shape index (κ1) is 24.0. The average Bonchev–Trinajstić information content (AvgIpc) is 3.45. The predicted molar refractivity (Wildman–Crippen MR) is 131 cm³/mol. The molecule has 0 aliphatic heterocycles. The summed E-state index contributed by atoms with van der Waals surface area (Å²) in [7, 11) is 0. The van der Waals surface area contributed by atoms with Crippen LogP contribution in [0.25, 0.3) is 11.3 Å². The zero-order valence-electron chi connectivity index (χ0n) is 17.5. The Morgan fingerprint density at radius 2 is 1.81 bits per heavy atom. The first-order chi connectivity index (χ1) is 14.5. The van der Waals surface area contributed by atoms with E-state index in [0.29, 0.717) is 24.1 Å². The second-order valence-corrected chi connectivity index (χ2v) is 9.16. The minimum absolute atomic E-state index is 0. The van der Waals surface area contributed by atoms with Gasteiger partial charge in [0.2, 0.25) is 0 Å². The van der Waals surface area contributed by atoms with Gasteiger partial charge in [0.1, 0.15) is 0 Å². The Balaban J connectivity index is 0.00000272. The Hall–Kier alpha value is -1.66. The molecule has 1 fully saturated rings. The molecule has 31 heavy (non-hydrogen) atoms. The molecule has 1 N–H and O–H groups in total. The number of carboxylic acids is 1. The van der Waals surface area contributed by atoms with Gasteiger partial charge >= 0.3 is 35.5 Å². The van der Waals surface area contributed by atoms with Crippen molar-refractivity contribution in [2.45, 2.75) is 58.0 Å². The summed E-state index contributed by atoms with van der Waals surface area (Å²) in [6.07, 6.45) is 4.70. The van der Waals surface area contributed by atoms with E-state index in [1.807, 2.05) is 12.1 Å². The van der Waals surface area contributed by atoms with E-state index in [4.69, 9.17) is 4.98 Å². The molecule has 0 radical (unpaired) electrons. The van der Waals surface area contributed by atoms with Crippen molar-refractivity contribution in [3.05, 3.63) is 70.6 Å². The topological polar surface area (TPSA) is 53.4 Å². The average molecular weight is 445 g/mol. The predicted octanol–water partition coefficient (Wildman–Crippen LogP) is 5.93. The van der Waals surface area contributed by atoms with E-state index >= 15 is 0 Å². The number of anilines is 1. The number of nitrogens with zero attached hydrogens (tertiary/aromatic N) is 2. The molecular formula is C25H29N2NaO2S. The van der Waals surface area contributed by atoms with Gasteiger partial charge in [0.15, 0.2) is 5.13 Å². The number of rotatable bonds is 7. The maximum absolute atomic E-state index is 11.7. The van der Waals surface area contributed by atoms with E-state index in [1.54, 1.807) is 23.5 Å². The molecule has 4 nitrogen and oxygen atoms in total. The monoisotopic (exact) mass is 444 g/mol. The van der Waals surface area contributed by atoms with Crippen LogP contribution < -0.4 is 4.90 Å². The molecule has 1 aromatic heterocycles. The molecule has 1 aliphatic rings. The third-order valence-corrected chi connectivity index (χ3v) is 6.84. The summed E-state index contributed by atoms with van der Waals surface area (Å²) in [5.74, 6) is -0.362. The van der Waals surface area contributed by atoms with Crippen molar-refractivity contribution in [1.29, 1.82) is 0 Å². The van der Waals surface area contributed by atoms with E-state index in [0.717, 1.165) is 34.8 Å². The van der Waals surface area contributed by atoms with Crippen LogP contribution in [0.5, 0.6) is 0 Å². The summed E-state index contributed by atoms with van der Waals surface area (Å²) in [4.78, 5) is 19.0. The van der Waals surface area contributed by atoms with Crippen LogP contribution in [0.2, 0.25) is 0 Å². The molecule has 3 aromatic rings. The van der Waals surface area contributed by atoms with Crippen LogP contribution in [0.3, 0.4) is 0 Å². The van der Waals surface area contributed by atoms with Gasteiger partial charge in [-0.3, -0.25) is 0 Å². The molecule has 0 amide bonds. The van der Waals surface area contributed by atoms with Gasteiger partial charge in [-0.25, -0.2) is 9.78 Å². The van der Waals surface area contributed by atoms with Crippen LogP contribution in [0.15, 0.2) is 53.9 Å². The molecule has 0 spiro atoms. The Kier molecular flexibility index (Phi) is 8.34. The Bertz CT molecular complexity index is 1010. The molecule has 0 unspecified atom stereocenters. The van der Waals surface area contributed by atoms with Crippen molar-refractivity contribution in [1.82, 2.24) is 4.98 Å². The van der Waals surface area contributed by atoms with Crippen molar-refractivity contribution < 1.29 is 9.90 Å². The van der Waals surface area contributed by atoms with E-state index in [9.17, 15) is 9.90 Å². The van der Waals surface area contributed by atoms with Crippen LogP contribution in [-0.4, -0.2) is 51.7 Å². The summed E-state index contributed by atoms with van der Waals surface area (Å²) >= 11 is 1.65. The fourth-order valence-corrected chi connectivity index (χ4v) is 5.09. The number of carboxylic acid groups (broad SMARTS) is 1. The molecular weight excluding hydrogens is 415 g/mol. The van der Waals surface area contributed by atoms with Gasteiger partial charge in [-0.1, -0.05) is 69.2 Å². The molecule has 0 saturated heterocycles. The van der Waals surface area contributed by atoms with E-state index in [1.165, 1.54) is 18.4 Å². The van der Waals surface area contributed by atoms with Crippen molar-refractivity contribution in [2.24, 2.45) is 0 Å². The van der Waals surface area contributed by atoms with Gasteiger partial charge < -0.3 is 10.0 Å². The summed E-state index contributed by atoms with van der Waals surface area (Å²) in [5.41, 5.74) is 4.66. The summed E-state index contributed by atoms with van der Waals surface area (Å²) < 4.78 is 0.